The van der Waals surface area contributed by atoms with Crippen molar-refractivity contribution in [2.45, 2.75) is 19.1 Å². The summed E-state index contributed by atoms with van der Waals surface area (Å²) in [5.74, 6) is -1.00. The fourth-order valence-electron chi connectivity index (χ4n) is 1.04. The van der Waals surface area contributed by atoms with E-state index in [0.717, 1.165) is 0 Å². The molecule has 0 aromatic carbocycles. The summed E-state index contributed by atoms with van der Waals surface area (Å²) in [6, 6.07) is 0. The second kappa shape index (κ2) is 7.05. The van der Waals surface area contributed by atoms with E-state index in [-0.39, 0.29) is 24.7 Å². The number of sulfone groups is 1. The average Bonchev–Trinajstić information content (AvgIpc) is 2.22. The van der Waals surface area contributed by atoms with Crippen LogP contribution in [0.4, 0.5) is 0 Å². The smallest absolute Gasteiger partial charge is 0.238 e. The van der Waals surface area contributed by atoms with Crippen LogP contribution in [0.3, 0.4) is 0 Å². The SMILES string of the molecule is C=CCS(=O)(=O)C(C)C(=O)NCCNC(C)=O. The first-order chi connectivity index (χ1) is 7.81. The van der Waals surface area contributed by atoms with Gasteiger partial charge in [0, 0.05) is 20.0 Å². The van der Waals surface area contributed by atoms with E-state index >= 15 is 0 Å². The molecule has 0 aliphatic carbocycles. The summed E-state index contributed by atoms with van der Waals surface area (Å²) in [5.41, 5.74) is 0. The lowest BCUT2D eigenvalue weighted by molar-refractivity contribution is -0.121. The number of hydrogen-bond donors (Lipinski definition) is 2. The van der Waals surface area contributed by atoms with Crippen LogP contribution in [0.2, 0.25) is 0 Å². The summed E-state index contributed by atoms with van der Waals surface area (Å²) in [5, 5.41) is 3.81. The Morgan fingerprint density at radius 1 is 1.29 bits per heavy atom. The highest BCUT2D eigenvalue weighted by atomic mass is 32.2. The predicted molar refractivity (Wildman–Crippen MR) is 65.1 cm³/mol. The van der Waals surface area contributed by atoms with E-state index in [4.69, 9.17) is 0 Å². The maximum absolute atomic E-state index is 11.5. The molecule has 6 nitrogen and oxygen atoms in total. The first-order valence-corrected chi connectivity index (χ1v) is 6.87. The van der Waals surface area contributed by atoms with Gasteiger partial charge in [-0.25, -0.2) is 8.42 Å². The van der Waals surface area contributed by atoms with E-state index in [2.05, 4.69) is 17.2 Å². The van der Waals surface area contributed by atoms with Crippen LogP contribution >= 0.6 is 0 Å². The van der Waals surface area contributed by atoms with Gasteiger partial charge in [0.1, 0.15) is 5.25 Å². The number of hydrogen-bond acceptors (Lipinski definition) is 4. The Hall–Kier alpha value is -1.37. The molecule has 7 heteroatoms. The fraction of sp³-hybridized carbons (Fsp3) is 0.600. The molecule has 0 aliphatic rings. The number of carbonyl (C=O) groups is 2. The quantitative estimate of drug-likeness (QED) is 0.465. The number of rotatable bonds is 7. The normalized spacial score (nSPS) is 12.6. The van der Waals surface area contributed by atoms with Crippen LogP contribution in [0.1, 0.15) is 13.8 Å². The Morgan fingerprint density at radius 2 is 1.82 bits per heavy atom. The zero-order valence-corrected chi connectivity index (χ0v) is 10.8. The second-order valence-corrected chi connectivity index (χ2v) is 5.90. The maximum atomic E-state index is 11.5. The Morgan fingerprint density at radius 3 is 2.29 bits per heavy atom. The highest BCUT2D eigenvalue weighted by Crippen LogP contribution is 2.02. The Kier molecular flexibility index (Phi) is 6.48. The molecule has 1 unspecified atom stereocenters. The maximum Gasteiger partial charge on any atom is 0.238 e. The van der Waals surface area contributed by atoms with E-state index in [0.29, 0.717) is 0 Å². The van der Waals surface area contributed by atoms with Gasteiger partial charge in [-0.3, -0.25) is 9.59 Å². The zero-order chi connectivity index (χ0) is 13.5. The largest absolute Gasteiger partial charge is 0.355 e. The van der Waals surface area contributed by atoms with Gasteiger partial charge in [0.15, 0.2) is 9.84 Å². The highest BCUT2D eigenvalue weighted by Gasteiger charge is 2.26. The van der Waals surface area contributed by atoms with Crippen molar-refractivity contribution in [2.75, 3.05) is 18.8 Å². The standard InChI is InChI=1S/C10H18N2O4S/c1-4-7-17(15,16)8(2)10(14)12-6-5-11-9(3)13/h4,8H,1,5-7H2,2-3H3,(H,11,13)(H,12,14). The Bertz CT molecular complexity index is 389. The monoisotopic (exact) mass is 262 g/mol. The third-order valence-electron chi connectivity index (χ3n) is 2.06. The van der Waals surface area contributed by atoms with Crippen molar-refractivity contribution in [1.82, 2.24) is 10.6 Å². The summed E-state index contributed by atoms with van der Waals surface area (Å²) >= 11 is 0. The molecule has 0 fully saturated rings. The van der Waals surface area contributed by atoms with Gasteiger partial charge in [-0.15, -0.1) is 6.58 Å². The second-order valence-electron chi connectivity index (χ2n) is 3.53. The van der Waals surface area contributed by atoms with E-state index in [9.17, 15) is 18.0 Å². The van der Waals surface area contributed by atoms with Crippen LogP contribution < -0.4 is 10.6 Å². The van der Waals surface area contributed by atoms with E-state index in [1.807, 2.05) is 0 Å². The van der Waals surface area contributed by atoms with Crippen LogP contribution in [-0.2, 0) is 19.4 Å². The molecule has 1 atom stereocenters. The van der Waals surface area contributed by atoms with Gasteiger partial charge in [-0.1, -0.05) is 6.08 Å². The van der Waals surface area contributed by atoms with Gasteiger partial charge in [0.05, 0.1) is 5.75 Å². The third-order valence-corrected chi connectivity index (χ3v) is 4.05. The zero-order valence-electron chi connectivity index (χ0n) is 10.0. The summed E-state index contributed by atoms with van der Waals surface area (Å²) < 4.78 is 23.0. The lowest BCUT2D eigenvalue weighted by Gasteiger charge is -2.12. The molecule has 0 spiro atoms. The average molecular weight is 262 g/mol. The molecule has 0 rings (SSSR count). The molecule has 0 heterocycles. The van der Waals surface area contributed by atoms with E-state index in [1.165, 1.54) is 19.9 Å². The van der Waals surface area contributed by atoms with Gasteiger partial charge in [-0.05, 0) is 6.92 Å². The molecule has 2 N–H and O–H groups in total. The number of nitrogens with one attached hydrogen (secondary N) is 2. The lowest BCUT2D eigenvalue weighted by Crippen LogP contribution is -2.41. The molecule has 0 saturated carbocycles. The lowest BCUT2D eigenvalue weighted by atomic mass is 10.4. The van der Waals surface area contributed by atoms with Crippen molar-refractivity contribution in [2.24, 2.45) is 0 Å². The molecule has 2 amide bonds. The van der Waals surface area contributed by atoms with Crippen molar-refractivity contribution in [1.29, 1.82) is 0 Å². The van der Waals surface area contributed by atoms with Gasteiger partial charge in [0.2, 0.25) is 11.8 Å². The van der Waals surface area contributed by atoms with Crippen LogP contribution in [0.25, 0.3) is 0 Å². The molecule has 0 bridgehead atoms. The summed E-state index contributed by atoms with van der Waals surface area (Å²) in [7, 11) is -3.48. The van der Waals surface area contributed by atoms with Gasteiger partial charge < -0.3 is 10.6 Å². The molecule has 17 heavy (non-hydrogen) atoms. The highest BCUT2D eigenvalue weighted by molar-refractivity contribution is 7.92. The molecule has 0 radical (unpaired) electrons. The Balaban J connectivity index is 4.15. The minimum Gasteiger partial charge on any atom is -0.355 e. The molecule has 0 aromatic rings. The van der Waals surface area contributed by atoms with Gasteiger partial charge in [0.25, 0.3) is 0 Å². The van der Waals surface area contributed by atoms with Crippen molar-refractivity contribution < 1.29 is 18.0 Å². The van der Waals surface area contributed by atoms with Crippen LogP contribution in [-0.4, -0.2) is 44.3 Å². The molecule has 0 aliphatic heterocycles. The van der Waals surface area contributed by atoms with Gasteiger partial charge in [-0.2, -0.15) is 0 Å². The van der Waals surface area contributed by atoms with E-state index in [1.54, 1.807) is 0 Å². The Labute approximate surface area is 101 Å². The van der Waals surface area contributed by atoms with Crippen molar-refractivity contribution >= 4 is 21.7 Å². The molecular weight excluding hydrogens is 244 g/mol. The van der Waals surface area contributed by atoms with Crippen molar-refractivity contribution in [3.8, 4) is 0 Å². The fourth-order valence-corrected chi connectivity index (χ4v) is 2.07. The van der Waals surface area contributed by atoms with Crippen LogP contribution in [0, 0.1) is 0 Å². The first kappa shape index (κ1) is 15.6. The minimum absolute atomic E-state index is 0.201. The summed E-state index contributed by atoms with van der Waals surface area (Å²) in [6.07, 6.45) is 1.25. The molecule has 0 aromatic heterocycles. The predicted octanol–water partition coefficient (Wildman–Crippen LogP) is -0.772. The first-order valence-electron chi connectivity index (χ1n) is 5.16. The third kappa shape index (κ3) is 6.06. The number of amides is 2. The summed E-state index contributed by atoms with van der Waals surface area (Å²) in [4.78, 5) is 22.0. The van der Waals surface area contributed by atoms with E-state index < -0.39 is 21.0 Å². The summed E-state index contributed by atoms with van der Waals surface area (Å²) in [6.45, 7) is 6.48. The molecular formula is C10H18N2O4S. The molecule has 0 saturated heterocycles. The van der Waals surface area contributed by atoms with Crippen LogP contribution in [0.5, 0.6) is 0 Å². The topological polar surface area (TPSA) is 92.3 Å². The van der Waals surface area contributed by atoms with Crippen molar-refractivity contribution in [3.63, 3.8) is 0 Å². The van der Waals surface area contributed by atoms with Crippen molar-refractivity contribution in [3.05, 3.63) is 12.7 Å². The number of carbonyl (C=O) groups excluding carboxylic acids is 2. The van der Waals surface area contributed by atoms with Crippen LogP contribution in [0.15, 0.2) is 12.7 Å². The molecule has 98 valence electrons. The van der Waals surface area contributed by atoms with Gasteiger partial charge >= 0.3 is 0 Å². The minimum atomic E-state index is -3.48.